The van der Waals surface area contributed by atoms with Crippen LogP contribution < -0.4 is 10.6 Å². The van der Waals surface area contributed by atoms with Crippen molar-refractivity contribution in [1.29, 1.82) is 0 Å². The highest BCUT2D eigenvalue weighted by atomic mass is 16.2. The fourth-order valence-electron chi connectivity index (χ4n) is 2.12. The van der Waals surface area contributed by atoms with E-state index >= 15 is 0 Å². The van der Waals surface area contributed by atoms with Gasteiger partial charge in [-0.3, -0.25) is 9.69 Å². The molecule has 0 unspecified atom stereocenters. The first-order valence-corrected chi connectivity index (χ1v) is 6.58. The van der Waals surface area contributed by atoms with Gasteiger partial charge in [0.2, 0.25) is 5.91 Å². The molecule has 2 N–H and O–H groups in total. The van der Waals surface area contributed by atoms with Crippen LogP contribution in [0.1, 0.15) is 12.0 Å². The van der Waals surface area contributed by atoms with Crippen LogP contribution >= 0.6 is 0 Å². The lowest BCUT2D eigenvalue weighted by molar-refractivity contribution is -0.122. The zero-order chi connectivity index (χ0) is 12.6. The van der Waals surface area contributed by atoms with Crippen molar-refractivity contribution in [3.63, 3.8) is 0 Å². The highest BCUT2D eigenvalue weighted by Gasteiger charge is 2.12. The minimum Gasteiger partial charge on any atom is -0.351 e. The Morgan fingerprint density at radius 3 is 2.89 bits per heavy atom. The normalized spacial score (nSPS) is 17.1. The van der Waals surface area contributed by atoms with Crippen LogP contribution in [0, 0.1) is 0 Å². The van der Waals surface area contributed by atoms with Crippen LogP contribution in [0.25, 0.3) is 0 Å². The van der Waals surface area contributed by atoms with E-state index in [0.29, 0.717) is 13.1 Å². The summed E-state index contributed by atoms with van der Waals surface area (Å²) in [6, 6.07) is 10.0. The van der Waals surface area contributed by atoms with Gasteiger partial charge >= 0.3 is 0 Å². The first-order chi connectivity index (χ1) is 8.84. The van der Waals surface area contributed by atoms with E-state index in [-0.39, 0.29) is 5.91 Å². The fraction of sp³-hybridized carbons (Fsp3) is 0.500. The van der Waals surface area contributed by atoms with Crippen LogP contribution in [0.15, 0.2) is 30.3 Å². The summed E-state index contributed by atoms with van der Waals surface area (Å²) < 4.78 is 0. The first-order valence-electron chi connectivity index (χ1n) is 6.58. The van der Waals surface area contributed by atoms with Gasteiger partial charge in [-0.05, 0) is 25.1 Å². The predicted molar refractivity (Wildman–Crippen MR) is 72.2 cm³/mol. The number of hydrogen-bond acceptors (Lipinski definition) is 3. The maximum Gasteiger partial charge on any atom is 0.234 e. The van der Waals surface area contributed by atoms with Crippen molar-refractivity contribution in [2.24, 2.45) is 0 Å². The molecule has 0 aliphatic carbocycles. The molecule has 1 aliphatic heterocycles. The maximum absolute atomic E-state index is 11.8. The molecule has 0 saturated carbocycles. The van der Waals surface area contributed by atoms with Gasteiger partial charge in [-0.1, -0.05) is 30.3 Å². The summed E-state index contributed by atoms with van der Waals surface area (Å²) in [6.45, 7) is 5.12. The molecule has 2 rings (SSSR count). The van der Waals surface area contributed by atoms with Gasteiger partial charge < -0.3 is 10.6 Å². The van der Waals surface area contributed by atoms with Crippen molar-refractivity contribution in [2.75, 3.05) is 32.7 Å². The first kappa shape index (κ1) is 13.1. The van der Waals surface area contributed by atoms with E-state index in [1.165, 1.54) is 0 Å². The predicted octanol–water partition coefficient (Wildman–Crippen LogP) is 0.598. The molecule has 1 aliphatic rings. The van der Waals surface area contributed by atoms with Crippen LogP contribution in [0.3, 0.4) is 0 Å². The Labute approximate surface area is 108 Å². The van der Waals surface area contributed by atoms with Crippen molar-refractivity contribution in [2.45, 2.75) is 13.0 Å². The molecule has 0 spiro atoms. The number of nitrogens with one attached hydrogen (secondary N) is 2. The average molecular weight is 247 g/mol. The fourth-order valence-corrected chi connectivity index (χ4v) is 2.12. The lowest BCUT2D eigenvalue weighted by Crippen LogP contribution is -2.38. The quantitative estimate of drug-likeness (QED) is 0.819. The Balaban J connectivity index is 1.71. The lowest BCUT2D eigenvalue weighted by Gasteiger charge is -2.18. The van der Waals surface area contributed by atoms with Gasteiger partial charge in [0.15, 0.2) is 0 Å². The second-order valence-electron chi connectivity index (χ2n) is 4.64. The monoisotopic (exact) mass is 247 g/mol. The third kappa shape index (κ3) is 4.47. The summed E-state index contributed by atoms with van der Waals surface area (Å²) in [7, 11) is 0. The van der Waals surface area contributed by atoms with Crippen LogP contribution in [-0.2, 0) is 11.3 Å². The summed E-state index contributed by atoms with van der Waals surface area (Å²) in [4.78, 5) is 14.0. The SMILES string of the molecule is O=C(CN1CCCNCC1)NCc1ccccc1. The summed E-state index contributed by atoms with van der Waals surface area (Å²) in [6.07, 6.45) is 1.12. The van der Waals surface area contributed by atoms with Gasteiger partial charge in [0.05, 0.1) is 6.54 Å². The smallest absolute Gasteiger partial charge is 0.234 e. The number of hydrogen-bond donors (Lipinski definition) is 2. The van der Waals surface area contributed by atoms with Crippen LogP contribution in [0.5, 0.6) is 0 Å². The molecule has 1 amide bonds. The molecule has 1 aromatic carbocycles. The Morgan fingerprint density at radius 1 is 1.22 bits per heavy atom. The standard InChI is InChI=1S/C14H21N3O/c18-14(12-17-9-4-7-15-8-10-17)16-11-13-5-2-1-3-6-13/h1-3,5-6,15H,4,7-12H2,(H,16,18). The van der Waals surface area contributed by atoms with E-state index in [1.807, 2.05) is 30.3 Å². The largest absolute Gasteiger partial charge is 0.351 e. The average Bonchev–Trinajstić information content (AvgIpc) is 2.66. The summed E-state index contributed by atoms with van der Waals surface area (Å²) in [5.74, 6) is 0.112. The Morgan fingerprint density at radius 2 is 2.06 bits per heavy atom. The van der Waals surface area contributed by atoms with E-state index in [9.17, 15) is 4.79 Å². The lowest BCUT2D eigenvalue weighted by atomic mass is 10.2. The highest BCUT2D eigenvalue weighted by molar-refractivity contribution is 5.78. The van der Waals surface area contributed by atoms with Gasteiger partial charge in [-0.2, -0.15) is 0 Å². The Bertz CT molecular complexity index is 359. The summed E-state index contributed by atoms with van der Waals surface area (Å²) in [5, 5.41) is 6.30. The number of amides is 1. The van der Waals surface area contributed by atoms with Crippen molar-refractivity contribution >= 4 is 5.91 Å². The second kappa shape index (κ2) is 7.13. The number of benzene rings is 1. The van der Waals surface area contributed by atoms with Gasteiger partial charge in [0.1, 0.15) is 0 Å². The Hall–Kier alpha value is -1.39. The number of carbonyl (C=O) groups excluding carboxylic acids is 1. The van der Waals surface area contributed by atoms with E-state index in [1.54, 1.807) is 0 Å². The highest BCUT2D eigenvalue weighted by Crippen LogP contribution is 1.98. The number of rotatable bonds is 4. The zero-order valence-electron chi connectivity index (χ0n) is 10.7. The molecular formula is C14H21N3O. The van der Waals surface area contributed by atoms with Crippen molar-refractivity contribution in [3.8, 4) is 0 Å². The van der Waals surface area contributed by atoms with Gasteiger partial charge in [0, 0.05) is 19.6 Å². The molecule has 4 nitrogen and oxygen atoms in total. The molecule has 1 saturated heterocycles. The number of nitrogens with zero attached hydrogens (tertiary/aromatic N) is 1. The Kier molecular flexibility index (Phi) is 5.17. The van der Waals surface area contributed by atoms with E-state index in [4.69, 9.17) is 0 Å². The molecule has 0 bridgehead atoms. The molecule has 1 aromatic rings. The third-order valence-electron chi connectivity index (χ3n) is 3.13. The molecule has 4 heteroatoms. The van der Waals surface area contributed by atoms with Crippen molar-refractivity contribution in [1.82, 2.24) is 15.5 Å². The van der Waals surface area contributed by atoms with Crippen molar-refractivity contribution < 1.29 is 4.79 Å². The molecule has 1 heterocycles. The number of carbonyl (C=O) groups is 1. The summed E-state index contributed by atoms with van der Waals surface area (Å²) in [5.41, 5.74) is 1.14. The van der Waals surface area contributed by atoms with Gasteiger partial charge in [0.25, 0.3) is 0 Å². The van der Waals surface area contributed by atoms with E-state index < -0.39 is 0 Å². The minimum atomic E-state index is 0.112. The van der Waals surface area contributed by atoms with Crippen LogP contribution in [-0.4, -0.2) is 43.5 Å². The molecule has 98 valence electrons. The molecule has 18 heavy (non-hydrogen) atoms. The van der Waals surface area contributed by atoms with Crippen molar-refractivity contribution in [3.05, 3.63) is 35.9 Å². The molecule has 1 fully saturated rings. The van der Waals surface area contributed by atoms with Gasteiger partial charge in [-0.25, -0.2) is 0 Å². The summed E-state index contributed by atoms with van der Waals surface area (Å²) >= 11 is 0. The zero-order valence-corrected chi connectivity index (χ0v) is 10.7. The van der Waals surface area contributed by atoms with E-state index in [2.05, 4.69) is 15.5 Å². The minimum absolute atomic E-state index is 0.112. The third-order valence-corrected chi connectivity index (χ3v) is 3.13. The van der Waals surface area contributed by atoms with Crippen LogP contribution in [0.4, 0.5) is 0 Å². The maximum atomic E-state index is 11.8. The molecule has 0 radical (unpaired) electrons. The van der Waals surface area contributed by atoms with Crippen LogP contribution in [0.2, 0.25) is 0 Å². The molecule has 0 atom stereocenters. The second-order valence-corrected chi connectivity index (χ2v) is 4.64. The molecular weight excluding hydrogens is 226 g/mol. The topological polar surface area (TPSA) is 44.4 Å². The van der Waals surface area contributed by atoms with Gasteiger partial charge in [-0.15, -0.1) is 0 Å². The molecule has 0 aromatic heterocycles. The van der Waals surface area contributed by atoms with E-state index in [0.717, 1.165) is 38.2 Å².